The van der Waals surface area contributed by atoms with Gasteiger partial charge in [0.05, 0.1) is 36.2 Å². The molecule has 0 saturated carbocycles. The van der Waals surface area contributed by atoms with E-state index < -0.39 is 23.3 Å². The number of aryl methyl sites for hydroxylation is 1. The number of nitrogens with zero attached hydrogens (tertiary/aromatic N) is 6. The Morgan fingerprint density at radius 3 is 2.67 bits per heavy atom. The van der Waals surface area contributed by atoms with Crippen molar-refractivity contribution in [1.29, 1.82) is 0 Å². The smallest absolute Gasteiger partial charge is 0.380 e. The maximum atomic E-state index is 15.1. The van der Waals surface area contributed by atoms with E-state index in [0.717, 1.165) is 5.56 Å². The SMILES string of the molecule is C=CC(=O)N1C[C@H](C)N(c2nc(=O)n3c4c(c(C5C=Cc6cnn(C)c65)c(C(F)(F)F)cc24)SCC2(COC2)C3)C[C@H]1C. The summed E-state index contributed by atoms with van der Waals surface area (Å²) in [6, 6.07) is 0.611. The molecule has 1 aliphatic carbocycles. The second-order valence-corrected chi connectivity index (χ2v) is 13.1. The first-order valence-corrected chi connectivity index (χ1v) is 15.2. The predicted octanol–water partition coefficient (Wildman–Crippen LogP) is 4.04. The fraction of sp³-hybridized carbons (Fsp3) is 0.467. The fourth-order valence-electron chi connectivity index (χ4n) is 6.98. The van der Waals surface area contributed by atoms with Gasteiger partial charge in [-0.3, -0.25) is 14.0 Å². The minimum atomic E-state index is -4.68. The van der Waals surface area contributed by atoms with Crippen molar-refractivity contribution < 1.29 is 22.7 Å². The van der Waals surface area contributed by atoms with Gasteiger partial charge >= 0.3 is 11.9 Å². The van der Waals surface area contributed by atoms with Gasteiger partial charge in [-0.25, -0.2) is 4.79 Å². The second-order valence-electron chi connectivity index (χ2n) is 12.1. The van der Waals surface area contributed by atoms with Crippen LogP contribution in [0.2, 0.25) is 0 Å². The van der Waals surface area contributed by atoms with Gasteiger partial charge in [-0.1, -0.05) is 18.7 Å². The van der Waals surface area contributed by atoms with E-state index in [-0.39, 0.29) is 40.2 Å². The van der Waals surface area contributed by atoms with E-state index >= 15 is 13.2 Å². The van der Waals surface area contributed by atoms with Crippen LogP contribution in [0, 0.1) is 5.41 Å². The lowest BCUT2D eigenvalue weighted by atomic mass is 9.87. The molecule has 13 heteroatoms. The maximum Gasteiger partial charge on any atom is 0.416 e. The van der Waals surface area contributed by atoms with Gasteiger partial charge in [-0.15, -0.1) is 11.8 Å². The summed E-state index contributed by atoms with van der Waals surface area (Å²) in [5.41, 5.74) is 0.437. The number of benzene rings is 1. The number of fused-ring (bicyclic) bond motifs is 1. The van der Waals surface area contributed by atoms with E-state index in [0.29, 0.717) is 54.7 Å². The molecular formula is C30H31F3N6O3S. The zero-order chi connectivity index (χ0) is 30.4. The van der Waals surface area contributed by atoms with E-state index in [9.17, 15) is 9.59 Å². The highest BCUT2D eigenvalue weighted by Gasteiger charge is 2.46. The minimum Gasteiger partial charge on any atom is -0.380 e. The summed E-state index contributed by atoms with van der Waals surface area (Å²) < 4.78 is 54.1. The third-order valence-corrected chi connectivity index (χ3v) is 10.6. The number of allylic oxidation sites excluding steroid dienone is 1. The van der Waals surface area contributed by atoms with Gasteiger partial charge in [0.25, 0.3) is 0 Å². The molecule has 1 amide bonds. The van der Waals surface area contributed by atoms with Crippen LogP contribution >= 0.6 is 11.8 Å². The molecule has 5 heterocycles. The highest BCUT2D eigenvalue weighted by molar-refractivity contribution is 7.99. The Morgan fingerprint density at radius 2 is 2.00 bits per heavy atom. The summed E-state index contributed by atoms with van der Waals surface area (Å²) in [6.45, 7) is 9.13. The molecule has 2 fully saturated rings. The second kappa shape index (κ2) is 9.71. The standard InChI is InChI=1S/C30H31F3N6O3S/c1-5-22(40)37-10-17(3)38(11-16(37)2)27-20-8-21(30(31,32)33)23(19-7-6-18-9-34-36(4)24(18)19)26-25(20)39(28(41)35-27)12-29(15-43-26)13-42-14-29/h5-9,16-17,19H,1,10-15H2,2-4H3/t16-,17+,19?/m1/s1. The Labute approximate surface area is 250 Å². The van der Waals surface area contributed by atoms with Crippen LogP contribution in [-0.4, -0.2) is 74.3 Å². The van der Waals surface area contributed by atoms with Crippen molar-refractivity contribution in [2.45, 2.75) is 49.5 Å². The number of ether oxygens (including phenoxy) is 1. The van der Waals surface area contributed by atoms with E-state index in [1.807, 2.05) is 24.8 Å². The van der Waals surface area contributed by atoms with Gasteiger partial charge in [0.1, 0.15) is 5.82 Å². The van der Waals surface area contributed by atoms with Crippen LogP contribution in [0.1, 0.15) is 42.1 Å². The number of hydrogen-bond donors (Lipinski definition) is 0. The number of anilines is 1. The first kappa shape index (κ1) is 28.2. The lowest BCUT2D eigenvalue weighted by molar-refractivity contribution is -0.138. The number of halogens is 3. The Bertz CT molecular complexity index is 1780. The van der Waals surface area contributed by atoms with Crippen molar-refractivity contribution in [3.8, 4) is 0 Å². The van der Waals surface area contributed by atoms with Gasteiger partial charge in [-0.05, 0) is 31.6 Å². The average molecular weight is 613 g/mol. The van der Waals surface area contributed by atoms with Crippen molar-refractivity contribution in [1.82, 2.24) is 24.2 Å². The van der Waals surface area contributed by atoms with Crippen LogP contribution in [0.15, 0.2) is 40.7 Å². The first-order chi connectivity index (χ1) is 20.4. The molecule has 226 valence electrons. The third-order valence-electron chi connectivity index (χ3n) is 9.18. The van der Waals surface area contributed by atoms with Gasteiger partial charge < -0.3 is 14.5 Å². The maximum absolute atomic E-state index is 15.1. The molecule has 2 aromatic heterocycles. The Morgan fingerprint density at radius 1 is 1.23 bits per heavy atom. The van der Waals surface area contributed by atoms with Crippen LogP contribution < -0.4 is 10.6 Å². The number of carbonyl (C=O) groups is 1. The molecule has 0 bridgehead atoms. The summed E-state index contributed by atoms with van der Waals surface area (Å²) in [5, 5.41) is 4.59. The van der Waals surface area contributed by atoms with Crippen LogP contribution in [0.25, 0.3) is 17.0 Å². The van der Waals surface area contributed by atoms with E-state index in [1.54, 1.807) is 33.5 Å². The highest BCUT2D eigenvalue weighted by Crippen LogP contribution is 2.52. The largest absolute Gasteiger partial charge is 0.416 e. The zero-order valence-corrected chi connectivity index (χ0v) is 24.8. The van der Waals surface area contributed by atoms with E-state index in [4.69, 9.17) is 4.74 Å². The van der Waals surface area contributed by atoms with Crippen molar-refractivity contribution in [3.05, 3.63) is 63.9 Å². The molecule has 4 aliphatic rings. The summed E-state index contributed by atoms with van der Waals surface area (Å²) in [4.78, 5) is 34.8. The molecule has 7 rings (SSSR count). The molecule has 0 N–H and O–H groups in total. The monoisotopic (exact) mass is 612 g/mol. The first-order valence-electron chi connectivity index (χ1n) is 14.2. The fourth-order valence-corrected chi connectivity index (χ4v) is 8.44. The van der Waals surface area contributed by atoms with E-state index in [2.05, 4.69) is 16.7 Å². The molecule has 43 heavy (non-hydrogen) atoms. The molecule has 3 aliphatic heterocycles. The molecule has 3 atom stereocenters. The zero-order valence-electron chi connectivity index (χ0n) is 24.0. The molecule has 2 saturated heterocycles. The number of piperazine rings is 1. The van der Waals surface area contributed by atoms with Crippen LogP contribution in [0.4, 0.5) is 19.0 Å². The minimum absolute atomic E-state index is 0.133. The van der Waals surface area contributed by atoms with Crippen molar-refractivity contribution in [2.24, 2.45) is 12.5 Å². The van der Waals surface area contributed by atoms with Crippen LogP contribution in [-0.2, 0) is 29.3 Å². The van der Waals surface area contributed by atoms with Crippen molar-refractivity contribution >= 4 is 40.5 Å². The predicted molar refractivity (Wildman–Crippen MR) is 157 cm³/mol. The molecular weight excluding hydrogens is 581 g/mol. The lowest BCUT2D eigenvalue weighted by Gasteiger charge is -2.44. The highest BCUT2D eigenvalue weighted by atomic mass is 32.2. The number of carbonyl (C=O) groups excluding carboxylic acids is 1. The molecule has 3 aromatic rings. The summed E-state index contributed by atoms with van der Waals surface area (Å²) >= 11 is 1.37. The van der Waals surface area contributed by atoms with Crippen LogP contribution in [0.3, 0.4) is 0 Å². The quantitative estimate of drug-likeness (QED) is 0.413. The Balaban J connectivity index is 1.50. The van der Waals surface area contributed by atoms with Gasteiger partial charge in [-0.2, -0.15) is 23.3 Å². The number of hydrogen-bond acceptors (Lipinski definition) is 7. The molecule has 1 unspecified atom stereocenters. The van der Waals surface area contributed by atoms with Crippen molar-refractivity contribution in [3.63, 3.8) is 0 Å². The molecule has 0 radical (unpaired) electrons. The van der Waals surface area contributed by atoms with Crippen LogP contribution in [0.5, 0.6) is 0 Å². The normalized spacial score (nSPS) is 24.3. The Hall–Kier alpha value is -3.58. The third kappa shape index (κ3) is 4.26. The number of rotatable bonds is 3. The van der Waals surface area contributed by atoms with Gasteiger partial charge in [0, 0.05) is 71.7 Å². The van der Waals surface area contributed by atoms with E-state index in [1.165, 1.54) is 23.9 Å². The molecule has 1 aromatic carbocycles. The molecule has 9 nitrogen and oxygen atoms in total. The number of aromatic nitrogens is 4. The summed E-state index contributed by atoms with van der Waals surface area (Å²) in [6.07, 6.45) is 1.84. The lowest BCUT2D eigenvalue weighted by Crippen LogP contribution is -2.58. The van der Waals surface area contributed by atoms with Gasteiger partial charge in [0.2, 0.25) is 5.91 Å². The topological polar surface area (TPSA) is 85.5 Å². The van der Waals surface area contributed by atoms with Gasteiger partial charge in [0.15, 0.2) is 0 Å². The summed E-state index contributed by atoms with van der Waals surface area (Å²) in [7, 11) is 1.73. The number of alkyl halides is 3. The Kier molecular flexibility index (Phi) is 6.37. The van der Waals surface area contributed by atoms with Crippen molar-refractivity contribution in [2.75, 3.05) is 37.0 Å². The summed E-state index contributed by atoms with van der Waals surface area (Å²) in [5.74, 6) is -0.181. The average Bonchev–Trinajstić information content (AvgIpc) is 3.46. The molecule has 1 spiro atoms. The number of amides is 1. The number of thioether (sulfide) groups is 1.